The smallest absolute Gasteiger partial charge is 0.320 e. The number of hydrogen-bond donors (Lipinski definition) is 2. The molecule has 1 saturated carbocycles. The molecular weight excluding hydrogens is 206 g/mol. The molecule has 0 spiro atoms. The number of carbonyl (C=O) groups is 1. The lowest BCUT2D eigenvalue weighted by atomic mass is 9.99. The maximum absolute atomic E-state index is 11.5. The summed E-state index contributed by atoms with van der Waals surface area (Å²) in [5.41, 5.74) is -0.697. The second kappa shape index (κ2) is 5.15. The van der Waals surface area contributed by atoms with Gasteiger partial charge < -0.3 is 9.84 Å². The maximum atomic E-state index is 11.5. The Hall–Kier alpha value is -0.610. The van der Waals surface area contributed by atoms with Crippen molar-refractivity contribution < 1.29 is 14.6 Å². The number of rotatable bonds is 4. The minimum Gasteiger partial charge on any atom is -0.459 e. The number of nitrogens with one attached hydrogen (secondary N) is 1. The predicted molar refractivity (Wildman–Crippen MR) is 62.1 cm³/mol. The molecule has 0 amide bonds. The molecule has 2 N–H and O–H groups in total. The van der Waals surface area contributed by atoms with E-state index in [-0.39, 0.29) is 24.7 Å². The van der Waals surface area contributed by atoms with Gasteiger partial charge in [-0.15, -0.1) is 0 Å². The number of aliphatic hydroxyl groups excluding tert-OH is 1. The minimum atomic E-state index is -0.444. The quantitative estimate of drug-likeness (QED) is 0.712. The monoisotopic (exact) mass is 229 g/mol. The maximum Gasteiger partial charge on any atom is 0.320 e. The van der Waals surface area contributed by atoms with E-state index in [4.69, 9.17) is 4.74 Å². The molecule has 1 rings (SSSR count). The predicted octanol–water partition coefficient (Wildman–Crippen LogP) is 1.22. The minimum absolute atomic E-state index is 0.0931. The van der Waals surface area contributed by atoms with E-state index in [9.17, 15) is 9.90 Å². The van der Waals surface area contributed by atoms with Crippen LogP contribution in [0.3, 0.4) is 0 Å². The van der Waals surface area contributed by atoms with Crippen LogP contribution < -0.4 is 5.32 Å². The first-order valence-corrected chi connectivity index (χ1v) is 5.95. The number of aliphatic hydroxyl groups is 1. The summed E-state index contributed by atoms with van der Waals surface area (Å²) in [5.74, 6) is -0.257. The molecule has 16 heavy (non-hydrogen) atoms. The summed E-state index contributed by atoms with van der Waals surface area (Å²) in [7, 11) is 0. The highest BCUT2D eigenvalue weighted by molar-refractivity contribution is 5.72. The standard InChI is InChI=1S/C12H23NO3/c1-11(2,3)16-10(15)8-13-12(9-14)6-4-5-7-12/h13-14H,4-9H2,1-3H3. The van der Waals surface area contributed by atoms with Gasteiger partial charge in [0.2, 0.25) is 0 Å². The average Bonchev–Trinajstić information content (AvgIpc) is 2.61. The zero-order chi connectivity index (χ0) is 12.2. The average molecular weight is 229 g/mol. The summed E-state index contributed by atoms with van der Waals surface area (Å²) in [5, 5.41) is 12.5. The van der Waals surface area contributed by atoms with Gasteiger partial charge in [-0.05, 0) is 33.6 Å². The topological polar surface area (TPSA) is 58.6 Å². The summed E-state index contributed by atoms with van der Waals surface area (Å²) in [6.07, 6.45) is 4.10. The van der Waals surface area contributed by atoms with Crippen molar-refractivity contribution in [1.82, 2.24) is 5.32 Å². The van der Waals surface area contributed by atoms with E-state index < -0.39 is 5.60 Å². The van der Waals surface area contributed by atoms with E-state index in [0.717, 1.165) is 25.7 Å². The number of hydrogen-bond acceptors (Lipinski definition) is 4. The Morgan fingerprint density at radius 1 is 1.38 bits per heavy atom. The van der Waals surface area contributed by atoms with Gasteiger partial charge in [0.05, 0.1) is 13.2 Å². The molecule has 4 heteroatoms. The Balaban J connectivity index is 2.35. The lowest BCUT2D eigenvalue weighted by Crippen LogP contribution is -2.49. The third kappa shape index (κ3) is 4.10. The molecule has 0 unspecified atom stereocenters. The fraction of sp³-hybridized carbons (Fsp3) is 0.917. The molecule has 0 aliphatic heterocycles. The van der Waals surface area contributed by atoms with Crippen molar-refractivity contribution in [2.24, 2.45) is 0 Å². The van der Waals surface area contributed by atoms with Gasteiger partial charge in [-0.3, -0.25) is 10.1 Å². The van der Waals surface area contributed by atoms with Crippen LogP contribution in [0.1, 0.15) is 46.5 Å². The Labute approximate surface area is 97.4 Å². The van der Waals surface area contributed by atoms with Crippen LogP contribution >= 0.6 is 0 Å². The number of ether oxygens (including phenoxy) is 1. The van der Waals surface area contributed by atoms with E-state index in [2.05, 4.69) is 5.32 Å². The van der Waals surface area contributed by atoms with Gasteiger partial charge in [0.15, 0.2) is 0 Å². The molecule has 0 heterocycles. The Bertz CT molecular complexity index is 239. The zero-order valence-corrected chi connectivity index (χ0v) is 10.5. The van der Waals surface area contributed by atoms with Crippen molar-refractivity contribution in [3.05, 3.63) is 0 Å². The molecule has 0 atom stereocenters. The summed E-state index contributed by atoms with van der Waals surface area (Å²) in [6.45, 7) is 5.82. The van der Waals surface area contributed by atoms with Crippen molar-refractivity contribution in [2.75, 3.05) is 13.2 Å². The van der Waals surface area contributed by atoms with Crippen molar-refractivity contribution >= 4 is 5.97 Å². The molecule has 1 fully saturated rings. The highest BCUT2D eigenvalue weighted by Gasteiger charge is 2.33. The fourth-order valence-electron chi connectivity index (χ4n) is 2.08. The molecule has 0 radical (unpaired) electrons. The van der Waals surface area contributed by atoms with E-state index in [1.807, 2.05) is 20.8 Å². The SMILES string of the molecule is CC(C)(C)OC(=O)CNC1(CO)CCCC1. The highest BCUT2D eigenvalue weighted by Crippen LogP contribution is 2.28. The summed E-state index contributed by atoms with van der Waals surface area (Å²) >= 11 is 0. The van der Waals surface area contributed by atoms with E-state index >= 15 is 0 Å². The van der Waals surface area contributed by atoms with Gasteiger partial charge in [-0.2, -0.15) is 0 Å². The zero-order valence-electron chi connectivity index (χ0n) is 10.5. The molecule has 0 aromatic carbocycles. The van der Waals surface area contributed by atoms with Crippen LogP contribution in [0.4, 0.5) is 0 Å². The second-order valence-corrected chi connectivity index (χ2v) is 5.59. The highest BCUT2D eigenvalue weighted by atomic mass is 16.6. The first-order valence-electron chi connectivity index (χ1n) is 5.95. The van der Waals surface area contributed by atoms with Gasteiger partial charge >= 0.3 is 5.97 Å². The Morgan fingerprint density at radius 2 is 1.94 bits per heavy atom. The normalized spacial score (nSPS) is 19.8. The first-order chi connectivity index (χ1) is 7.37. The number of esters is 1. The summed E-state index contributed by atoms with van der Waals surface area (Å²) in [6, 6.07) is 0. The molecular formula is C12H23NO3. The molecule has 0 saturated heterocycles. The lowest BCUT2D eigenvalue weighted by molar-refractivity contribution is -0.154. The third-order valence-electron chi connectivity index (χ3n) is 2.89. The Morgan fingerprint density at radius 3 is 2.38 bits per heavy atom. The number of carbonyl (C=O) groups excluding carboxylic acids is 1. The molecule has 1 aliphatic rings. The van der Waals surface area contributed by atoms with Gasteiger partial charge in [0.1, 0.15) is 5.60 Å². The van der Waals surface area contributed by atoms with Crippen LogP contribution in [0.2, 0.25) is 0 Å². The van der Waals surface area contributed by atoms with Gasteiger partial charge in [0, 0.05) is 5.54 Å². The van der Waals surface area contributed by atoms with Crippen LogP contribution in [0.25, 0.3) is 0 Å². The molecule has 0 aromatic rings. The van der Waals surface area contributed by atoms with Gasteiger partial charge in [-0.25, -0.2) is 0 Å². The van der Waals surface area contributed by atoms with Crippen molar-refractivity contribution in [3.8, 4) is 0 Å². The van der Waals surface area contributed by atoms with E-state index in [1.54, 1.807) is 0 Å². The van der Waals surface area contributed by atoms with E-state index in [0.29, 0.717) is 0 Å². The second-order valence-electron chi connectivity index (χ2n) is 5.59. The first kappa shape index (κ1) is 13.5. The van der Waals surface area contributed by atoms with E-state index in [1.165, 1.54) is 0 Å². The molecule has 0 aromatic heterocycles. The van der Waals surface area contributed by atoms with Gasteiger partial charge in [-0.1, -0.05) is 12.8 Å². The van der Waals surface area contributed by atoms with Crippen LogP contribution in [0.15, 0.2) is 0 Å². The fourth-order valence-corrected chi connectivity index (χ4v) is 2.08. The lowest BCUT2D eigenvalue weighted by Gasteiger charge is -2.28. The van der Waals surface area contributed by atoms with Crippen LogP contribution in [-0.4, -0.2) is 35.4 Å². The summed E-state index contributed by atoms with van der Waals surface area (Å²) < 4.78 is 5.20. The van der Waals surface area contributed by atoms with Crippen LogP contribution in [0, 0.1) is 0 Å². The molecule has 1 aliphatic carbocycles. The Kier molecular flexibility index (Phi) is 4.33. The molecule has 0 bridgehead atoms. The van der Waals surface area contributed by atoms with Crippen LogP contribution in [-0.2, 0) is 9.53 Å². The van der Waals surface area contributed by atoms with Gasteiger partial charge in [0.25, 0.3) is 0 Å². The third-order valence-corrected chi connectivity index (χ3v) is 2.89. The van der Waals surface area contributed by atoms with Crippen molar-refractivity contribution in [1.29, 1.82) is 0 Å². The molecule has 4 nitrogen and oxygen atoms in total. The van der Waals surface area contributed by atoms with Crippen molar-refractivity contribution in [2.45, 2.75) is 57.6 Å². The largest absolute Gasteiger partial charge is 0.459 e. The van der Waals surface area contributed by atoms with Crippen molar-refractivity contribution in [3.63, 3.8) is 0 Å². The molecule has 94 valence electrons. The van der Waals surface area contributed by atoms with Crippen LogP contribution in [0.5, 0.6) is 0 Å². The summed E-state index contributed by atoms with van der Waals surface area (Å²) in [4.78, 5) is 11.5.